The SMILES string of the molecule is CC1(C)C2CCC1(C)C(Nc1cccc3[nH]ncc13)C2. The number of benzene rings is 1. The van der Waals surface area contributed by atoms with E-state index in [1.807, 2.05) is 6.20 Å². The van der Waals surface area contributed by atoms with Crippen molar-refractivity contribution in [2.45, 2.75) is 46.1 Å². The molecule has 2 aliphatic rings. The second-order valence-corrected chi connectivity index (χ2v) is 7.44. The van der Waals surface area contributed by atoms with Crippen LogP contribution in [0.4, 0.5) is 5.69 Å². The molecule has 20 heavy (non-hydrogen) atoms. The van der Waals surface area contributed by atoms with E-state index in [0.717, 1.165) is 11.4 Å². The third-order valence-electron chi connectivity index (χ3n) is 6.61. The van der Waals surface area contributed by atoms with Gasteiger partial charge in [-0.05, 0) is 48.1 Å². The first kappa shape index (κ1) is 12.2. The molecule has 2 fully saturated rings. The Kier molecular flexibility index (Phi) is 2.31. The average Bonchev–Trinajstić information content (AvgIpc) is 3.02. The van der Waals surface area contributed by atoms with Crippen molar-refractivity contribution in [1.29, 1.82) is 0 Å². The van der Waals surface area contributed by atoms with Gasteiger partial charge < -0.3 is 5.32 Å². The van der Waals surface area contributed by atoms with E-state index < -0.39 is 0 Å². The molecule has 3 atom stereocenters. The maximum absolute atomic E-state index is 4.17. The Morgan fingerprint density at radius 3 is 2.85 bits per heavy atom. The van der Waals surface area contributed by atoms with Crippen molar-refractivity contribution in [2.24, 2.45) is 16.7 Å². The summed E-state index contributed by atoms with van der Waals surface area (Å²) in [4.78, 5) is 0. The van der Waals surface area contributed by atoms with Gasteiger partial charge in [0.2, 0.25) is 0 Å². The second kappa shape index (κ2) is 3.78. The summed E-state index contributed by atoms with van der Waals surface area (Å²) in [6.07, 6.45) is 5.98. The molecule has 4 rings (SSSR count). The highest BCUT2D eigenvalue weighted by Gasteiger charge is 2.61. The van der Waals surface area contributed by atoms with Gasteiger partial charge in [-0.25, -0.2) is 0 Å². The van der Waals surface area contributed by atoms with Gasteiger partial charge in [-0.2, -0.15) is 5.10 Å². The highest BCUT2D eigenvalue weighted by atomic mass is 15.1. The standard InChI is InChI=1S/C17H23N3/c1-16(2)11-7-8-17(16,3)15(9-11)19-13-5-4-6-14-12(13)10-18-20-14/h4-6,10-11,15,19H,7-9H2,1-3H3,(H,18,20). The van der Waals surface area contributed by atoms with E-state index in [1.54, 1.807) is 0 Å². The minimum Gasteiger partial charge on any atom is -0.381 e. The number of nitrogens with zero attached hydrogens (tertiary/aromatic N) is 1. The van der Waals surface area contributed by atoms with Crippen LogP contribution in [-0.4, -0.2) is 16.2 Å². The molecule has 3 nitrogen and oxygen atoms in total. The van der Waals surface area contributed by atoms with E-state index in [9.17, 15) is 0 Å². The number of H-pyrrole nitrogens is 1. The molecule has 2 saturated carbocycles. The van der Waals surface area contributed by atoms with E-state index >= 15 is 0 Å². The summed E-state index contributed by atoms with van der Waals surface area (Å²) in [5, 5.41) is 12.3. The number of hydrogen-bond donors (Lipinski definition) is 2. The molecule has 2 aliphatic carbocycles. The van der Waals surface area contributed by atoms with Crippen molar-refractivity contribution in [3.8, 4) is 0 Å². The number of aromatic nitrogens is 2. The van der Waals surface area contributed by atoms with E-state index in [-0.39, 0.29) is 0 Å². The molecule has 2 N–H and O–H groups in total. The quantitative estimate of drug-likeness (QED) is 0.858. The summed E-state index contributed by atoms with van der Waals surface area (Å²) in [5.74, 6) is 0.869. The zero-order chi connectivity index (χ0) is 14.0. The summed E-state index contributed by atoms with van der Waals surface area (Å²) in [6.45, 7) is 7.41. The number of hydrogen-bond acceptors (Lipinski definition) is 2. The smallest absolute Gasteiger partial charge is 0.0671 e. The van der Waals surface area contributed by atoms with Crippen molar-refractivity contribution in [3.05, 3.63) is 24.4 Å². The van der Waals surface area contributed by atoms with Crippen molar-refractivity contribution in [3.63, 3.8) is 0 Å². The Hall–Kier alpha value is -1.51. The van der Waals surface area contributed by atoms with E-state index in [2.05, 4.69) is 54.5 Å². The van der Waals surface area contributed by atoms with Crippen LogP contribution < -0.4 is 5.32 Å². The van der Waals surface area contributed by atoms with Crippen LogP contribution in [0.15, 0.2) is 24.4 Å². The van der Waals surface area contributed by atoms with E-state index in [4.69, 9.17) is 0 Å². The molecule has 0 saturated heterocycles. The minimum atomic E-state index is 0.406. The van der Waals surface area contributed by atoms with Crippen molar-refractivity contribution >= 4 is 16.6 Å². The molecule has 2 aromatic rings. The van der Waals surface area contributed by atoms with Gasteiger partial charge in [0.1, 0.15) is 0 Å². The van der Waals surface area contributed by atoms with Gasteiger partial charge in [0.05, 0.1) is 11.7 Å². The zero-order valence-corrected chi connectivity index (χ0v) is 12.5. The molecule has 3 unspecified atom stereocenters. The monoisotopic (exact) mass is 269 g/mol. The van der Waals surface area contributed by atoms with Crippen molar-refractivity contribution in [2.75, 3.05) is 5.32 Å². The molecule has 1 aromatic carbocycles. The van der Waals surface area contributed by atoms with Crippen LogP contribution in [0.2, 0.25) is 0 Å². The summed E-state index contributed by atoms with van der Waals surface area (Å²) in [7, 11) is 0. The molecule has 0 amide bonds. The van der Waals surface area contributed by atoms with Crippen LogP contribution >= 0.6 is 0 Å². The summed E-state index contributed by atoms with van der Waals surface area (Å²) in [6, 6.07) is 6.95. The number of aromatic amines is 1. The van der Waals surface area contributed by atoms with Gasteiger partial charge in [-0.1, -0.05) is 26.8 Å². The van der Waals surface area contributed by atoms with Crippen LogP contribution in [-0.2, 0) is 0 Å². The van der Waals surface area contributed by atoms with Gasteiger partial charge in [0.15, 0.2) is 0 Å². The maximum atomic E-state index is 4.17. The summed E-state index contributed by atoms with van der Waals surface area (Å²) in [5.41, 5.74) is 3.20. The predicted molar refractivity (Wildman–Crippen MR) is 82.7 cm³/mol. The number of rotatable bonds is 2. The van der Waals surface area contributed by atoms with Crippen molar-refractivity contribution < 1.29 is 0 Å². The molecule has 2 bridgehead atoms. The highest BCUT2D eigenvalue weighted by Crippen LogP contribution is 2.65. The lowest BCUT2D eigenvalue weighted by molar-refractivity contribution is 0.142. The van der Waals surface area contributed by atoms with E-state index in [1.165, 1.54) is 30.3 Å². The lowest BCUT2D eigenvalue weighted by Gasteiger charge is -2.40. The third kappa shape index (κ3) is 1.38. The Morgan fingerprint density at radius 1 is 1.30 bits per heavy atom. The average molecular weight is 269 g/mol. The van der Waals surface area contributed by atoms with Crippen LogP contribution in [0.25, 0.3) is 10.9 Å². The normalized spacial score (nSPS) is 34.8. The van der Waals surface area contributed by atoms with Gasteiger partial charge in [0.25, 0.3) is 0 Å². The van der Waals surface area contributed by atoms with Gasteiger partial charge in [-0.3, -0.25) is 5.10 Å². The van der Waals surface area contributed by atoms with Crippen molar-refractivity contribution in [1.82, 2.24) is 10.2 Å². The Balaban J connectivity index is 1.69. The molecule has 1 aromatic heterocycles. The summed E-state index contributed by atoms with van der Waals surface area (Å²) >= 11 is 0. The van der Waals surface area contributed by atoms with Gasteiger partial charge in [0, 0.05) is 17.1 Å². The fourth-order valence-corrected chi connectivity index (χ4v) is 4.70. The first-order valence-electron chi connectivity index (χ1n) is 7.71. The van der Waals surface area contributed by atoms with Gasteiger partial charge in [-0.15, -0.1) is 0 Å². The number of anilines is 1. The fraction of sp³-hybridized carbons (Fsp3) is 0.588. The second-order valence-electron chi connectivity index (χ2n) is 7.44. The first-order valence-corrected chi connectivity index (χ1v) is 7.71. The molecule has 3 heteroatoms. The van der Waals surface area contributed by atoms with Crippen LogP contribution in [0, 0.1) is 16.7 Å². The van der Waals surface area contributed by atoms with Crippen LogP contribution in [0.1, 0.15) is 40.0 Å². The maximum Gasteiger partial charge on any atom is 0.0671 e. The molecular weight excluding hydrogens is 246 g/mol. The molecule has 0 spiro atoms. The van der Waals surface area contributed by atoms with E-state index in [0.29, 0.717) is 16.9 Å². The molecule has 106 valence electrons. The third-order valence-corrected chi connectivity index (χ3v) is 6.61. The Labute approximate surface area is 120 Å². The number of nitrogens with one attached hydrogen (secondary N) is 2. The molecular formula is C17H23N3. The summed E-state index contributed by atoms with van der Waals surface area (Å²) < 4.78 is 0. The molecule has 0 aliphatic heterocycles. The predicted octanol–water partition coefficient (Wildman–Crippen LogP) is 4.19. The fourth-order valence-electron chi connectivity index (χ4n) is 4.70. The number of fused-ring (bicyclic) bond motifs is 3. The Morgan fingerprint density at radius 2 is 2.15 bits per heavy atom. The molecule has 1 heterocycles. The first-order chi connectivity index (χ1) is 9.52. The Bertz CT molecular complexity index is 657. The van der Waals surface area contributed by atoms with Crippen LogP contribution in [0.3, 0.4) is 0 Å². The largest absolute Gasteiger partial charge is 0.381 e. The van der Waals surface area contributed by atoms with Gasteiger partial charge >= 0.3 is 0 Å². The minimum absolute atomic E-state index is 0.406. The lowest BCUT2D eigenvalue weighted by Crippen LogP contribution is -2.40. The lowest BCUT2D eigenvalue weighted by atomic mass is 9.69. The zero-order valence-electron chi connectivity index (χ0n) is 12.5. The molecule has 0 radical (unpaired) electrons. The topological polar surface area (TPSA) is 40.7 Å². The van der Waals surface area contributed by atoms with Crippen LogP contribution in [0.5, 0.6) is 0 Å². The highest BCUT2D eigenvalue weighted by molar-refractivity contribution is 5.91.